The maximum absolute atomic E-state index is 12.2. The number of nitrogens with one attached hydrogen (secondary N) is 1. The molecule has 17 heavy (non-hydrogen) atoms. The SMILES string of the molecule is CC(O)CC(C)Nc1ccc(C(F)(F)F)nn1. The van der Waals surface area contributed by atoms with Crippen molar-refractivity contribution in [2.45, 2.75) is 38.6 Å². The first-order chi connectivity index (χ1) is 7.79. The van der Waals surface area contributed by atoms with E-state index in [9.17, 15) is 13.2 Å². The van der Waals surface area contributed by atoms with Gasteiger partial charge in [-0.3, -0.25) is 0 Å². The smallest absolute Gasteiger partial charge is 0.393 e. The van der Waals surface area contributed by atoms with Crippen LogP contribution in [-0.4, -0.2) is 27.4 Å². The number of halogens is 3. The van der Waals surface area contributed by atoms with Crippen LogP contribution in [0.2, 0.25) is 0 Å². The van der Waals surface area contributed by atoms with Crippen molar-refractivity contribution in [3.8, 4) is 0 Å². The molecule has 1 aromatic rings. The van der Waals surface area contributed by atoms with E-state index >= 15 is 0 Å². The third-order valence-corrected chi connectivity index (χ3v) is 2.04. The van der Waals surface area contributed by atoms with Gasteiger partial charge in [-0.2, -0.15) is 13.2 Å². The van der Waals surface area contributed by atoms with Gasteiger partial charge >= 0.3 is 6.18 Å². The molecule has 2 N–H and O–H groups in total. The van der Waals surface area contributed by atoms with Crippen molar-refractivity contribution >= 4 is 5.82 Å². The van der Waals surface area contributed by atoms with Gasteiger partial charge in [-0.15, -0.1) is 10.2 Å². The minimum Gasteiger partial charge on any atom is -0.393 e. The lowest BCUT2D eigenvalue weighted by Crippen LogP contribution is -2.21. The molecule has 1 heterocycles. The highest BCUT2D eigenvalue weighted by molar-refractivity contribution is 5.34. The van der Waals surface area contributed by atoms with E-state index in [-0.39, 0.29) is 11.9 Å². The Kier molecular flexibility index (Phi) is 4.28. The van der Waals surface area contributed by atoms with Crippen LogP contribution in [0, 0.1) is 0 Å². The second-order valence-electron chi connectivity index (χ2n) is 3.93. The lowest BCUT2D eigenvalue weighted by atomic mass is 10.1. The normalized spacial score (nSPS) is 15.4. The van der Waals surface area contributed by atoms with Crippen molar-refractivity contribution in [3.05, 3.63) is 17.8 Å². The van der Waals surface area contributed by atoms with Gasteiger partial charge in [-0.25, -0.2) is 0 Å². The molecule has 0 aliphatic carbocycles. The molecule has 0 saturated heterocycles. The summed E-state index contributed by atoms with van der Waals surface area (Å²) in [6.07, 6.45) is -4.49. The minimum atomic E-state index is -4.48. The molecule has 0 fully saturated rings. The van der Waals surface area contributed by atoms with Gasteiger partial charge in [0.1, 0.15) is 5.82 Å². The van der Waals surface area contributed by atoms with Gasteiger partial charge in [0.15, 0.2) is 5.69 Å². The molecule has 1 rings (SSSR count). The average Bonchev–Trinajstić information content (AvgIpc) is 2.15. The standard InChI is InChI=1S/C10H14F3N3O/c1-6(5-7(2)17)14-9-4-3-8(15-16-9)10(11,12)13/h3-4,6-7,17H,5H2,1-2H3,(H,14,16). The van der Waals surface area contributed by atoms with Crippen molar-refractivity contribution < 1.29 is 18.3 Å². The van der Waals surface area contributed by atoms with Gasteiger partial charge in [-0.05, 0) is 32.4 Å². The third kappa shape index (κ3) is 4.56. The monoisotopic (exact) mass is 249 g/mol. The predicted octanol–water partition coefficient (Wildman–Crippen LogP) is 2.07. The van der Waals surface area contributed by atoms with Crippen molar-refractivity contribution in [3.63, 3.8) is 0 Å². The lowest BCUT2D eigenvalue weighted by molar-refractivity contribution is -0.141. The van der Waals surface area contributed by atoms with Crippen LogP contribution in [0.3, 0.4) is 0 Å². The zero-order valence-corrected chi connectivity index (χ0v) is 9.49. The van der Waals surface area contributed by atoms with E-state index in [1.54, 1.807) is 13.8 Å². The molecule has 0 aliphatic heterocycles. The summed E-state index contributed by atoms with van der Waals surface area (Å²) in [6.45, 7) is 3.43. The molecule has 0 saturated carbocycles. The zero-order valence-electron chi connectivity index (χ0n) is 9.49. The summed E-state index contributed by atoms with van der Waals surface area (Å²) < 4.78 is 36.6. The highest BCUT2D eigenvalue weighted by Crippen LogP contribution is 2.27. The van der Waals surface area contributed by atoms with E-state index in [0.29, 0.717) is 6.42 Å². The minimum absolute atomic E-state index is 0.0963. The Morgan fingerprint density at radius 1 is 1.29 bits per heavy atom. The molecule has 0 aromatic carbocycles. The van der Waals surface area contributed by atoms with Crippen molar-refractivity contribution in [2.24, 2.45) is 0 Å². The first-order valence-corrected chi connectivity index (χ1v) is 5.14. The molecule has 0 radical (unpaired) electrons. The van der Waals surface area contributed by atoms with E-state index in [1.165, 1.54) is 6.07 Å². The molecule has 4 nitrogen and oxygen atoms in total. The first-order valence-electron chi connectivity index (χ1n) is 5.14. The van der Waals surface area contributed by atoms with Gasteiger partial charge in [-0.1, -0.05) is 0 Å². The highest BCUT2D eigenvalue weighted by Gasteiger charge is 2.32. The maximum Gasteiger partial charge on any atom is 0.435 e. The number of aliphatic hydroxyl groups excluding tert-OH is 1. The molecule has 0 bridgehead atoms. The quantitative estimate of drug-likeness (QED) is 0.857. The Balaban J connectivity index is 2.63. The Bertz CT molecular complexity index is 351. The molecular formula is C10H14F3N3O. The van der Waals surface area contributed by atoms with Crippen LogP contribution < -0.4 is 5.32 Å². The van der Waals surface area contributed by atoms with Gasteiger partial charge in [0.2, 0.25) is 0 Å². The van der Waals surface area contributed by atoms with Crippen LogP contribution in [0.25, 0.3) is 0 Å². The van der Waals surface area contributed by atoms with Crippen LogP contribution in [-0.2, 0) is 6.18 Å². The second kappa shape index (κ2) is 5.31. The summed E-state index contributed by atoms with van der Waals surface area (Å²) in [4.78, 5) is 0. The Labute approximate surface area is 96.9 Å². The summed E-state index contributed by atoms with van der Waals surface area (Å²) in [5.74, 6) is 0.256. The average molecular weight is 249 g/mol. The van der Waals surface area contributed by atoms with Gasteiger partial charge < -0.3 is 10.4 Å². The number of aliphatic hydroxyl groups is 1. The topological polar surface area (TPSA) is 58.0 Å². The molecule has 0 amide bonds. The van der Waals surface area contributed by atoms with E-state index in [4.69, 9.17) is 5.11 Å². The van der Waals surface area contributed by atoms with Gasteiger partial charge in [0.25, 0.3) is 0 Å². The van der Waals surface area contributed by atoms with Crippen LogP contribution in [0.4, 0.5) is 19.0 Å². The summed E-state index contributed by atoms with van der Waals surface area (Å²) in [5.41, 5.74) is -1.02. The number of hydrogen-bond donors (Lipinski definition) is 2. The zero-order chi connectivity index (χ0) is 13.1. The first kappa shape index (κ1) is 13.7. The molecule has 0 aliphatic rings. The highest BCUT2D eigenvalue weighted by atomic mass is 19.4. The summed E-state index contributed by atoms with van der Waals surface area (Å²) in [6, 6.07) is 1.99. The number of hydrogen-bond acceptors (Lipinski definition) is 4. The van der Waals surface area contributed by atoms with Crippen molar-refractivity contribution in [1.82, 2.24) is 10.2 Å². The number of nitrogens with zero attached hydrogens (tertiary/aromatic N) is 2. The fourth-order valence-electron chi connectivity index (χ4n) is 1.38. The van der Waals surface area contributed by atoms with E-state index in [0.717, 1.165) is 6.07 Å². The van der Waals surface area contributed by atoms with Crippen LogP contribution >= 0.6 is 0 Å². The predicted molar refractivity (Wildman–Crippen MR) is 56.4 cm³/mol. The van der Waals surface area contributed by atoms with E-state index < -0.39 is 18.0 Å². The summed E-state index contributed by atoms with van der Waals surface area (Å²) >= 11 is 0. The lowest BCUT2D eigenvalue weighted by Gasteiger charge is -2.15. The summed E-state index contributed by atoms with van der Waals surface area (Å²) in [5, 5.41) is 18.5. The Morgan fingerprint density at radius 2 is 1.94 bits per heavy atom. The van der Waals surface area contributed by atoms with Gasteiger partial charge in [0.05, 0.1) is 6.10 Å². The summed E-state index contributed by atoms with van der Waals surface area (Å²) in [7, 11) is 0. The number of rotatable bonds is 4. The molecule has 1 aromatic heterocycles. The van der Waals surface area contributed by atoms with Crippen molar-refractivity contribution in [1.29, 1.82) is 0 Å². The van der Waals surface area contributed by atoms with Gasteiger partial charge in [0, 0.05) is 6.04 Å². The molecular weight excluding hydrogens is 235 g/mol. The molecule has 2 unspecified atom stereocenters. The maximum atomic E-state index is 12.2. The third-order valence-electron chi connectivity index (χ3n) is 2.04. The van der Waals surface area contributed by atoms with Crippen molar-refractivity contribution in [2.75, 3.05) is 5.32 Å². The fraction of sp³-hybridized carbons (Fsp3) is 0.600. The Morgan fingerprint density at radius 3 is 2.35 bits per heavy atom. The molecule has 2 atom stereocenters. The Hall–Kier alpha value is -1.37. The number of aromatic nitrogens is 2. The second-order valence-corrected chi connectivity index (χ2v) is 3.93. The molecule has 7 heteroatoms. The van der Waals surface area contributed by atoms with Crippen LogP contribution in [0.15, 0.2) is 12.1 Å². The molecule has 0 spiro atoms. The number of anilines is 1. The largest absolute Gasteiger partial charge is 0.435 e. The number of alkyl halides is 3. The van der Waals surface area contributed by atoms with E-state index in [1.807, 2.05) is 0 Å². The fourth-order valence-corrected chi connectivity index (χ4v) is 1.38. The van der Waals surface area contributed by atoms with Crippen LogP contribution in [0.5, 0.6) is 0 Å². The van der Waals surface area contributed by atoms with Crippen LogP contribution in [0.1, 0.15) is 26.0 Å². The van der Waals surface area contributed by atoms with E-state index in [2.05, 4.69) is 15.5 Å². The molecule has 96 valence electrons.